The predicted molar refractivity (Wildman–Crippen MR) is 79.4 cm³/mol. The summed E-state index contributed by atoms with van der Waals surface area (Å²) < 4.78 is 1.23. The van der Waals surface area contributed by atoms with Gasteiger partial charge in [-0.25, -0.2) is 0 Å². The van der Waals surface area contributed by atoms with E-state index in [1.807, 2.05) is 12.1 Å². The average molecular weight is 288 g/mol. The van der Waals surface area contributed by atoms with Crippen LogP contribution >= 0.6 is 11.3 Å². The van der Waals surface area contributed by atoms with Crippen molar-refractivity contribution in [3.05, 3.63) is 35.2 Å². The zero-order valence-electron chi connectivity index (χ0n) is 11.3. The quantitative estimate of drug-likeness (QED) is 0.939. The average Bonchev–Trinajstić information content (AvgIpc) is 3.01. The summed E-state index contributed by atoms with van der Waals surface area (Å²) in [6.45, 7) is 1.05. The Balaban J connectivity index is 1.65. The van der Waals surface area contributed by atoms with Crippen molar-refractivity contribution in [3.63, 3.8) is 0 Å². The lowest BCUT2D eigenvalue weighted by atomic mass is 10.1. The predicted octanol–water partition coefficient (Wildman–Crippen LogP) is 2.00. The van der Waals surface area contributed by atoms with E-state index >= 15 is 0 Å². The summed E-state index contributed by atoms with van der Waals surface area (Å²) in [5, 5.41) is 6.22. The Labute approximate surface area is 121 Å². The van der Waals surface area contributed by atoms with Crippen molar-refractivity contribution in [1.29, 1.82) is 0 Å². The molecule has 2 aromatic rings. The highest BCUT2D eigenvalue weighted by atomic mass is 32.1. The SMILES string of the molecule is CN1CC(C(=O)NCc2csc3ccccc23)CC1=O. The van der Waals surface area contributed by atoms with Gasteiger partial charge in [-0.2, -0.15) is 0 Å². The van der Waals surface area contributed by atoms with E-state index in [0.29, 0.717) is 19.5 Å². The summed E-state index contributed by atoms with van der Waals surface area (Å²) in [5.74, 6) is -0.193. The first kappa shape index (κ1) is 13.1. The second-order valence-corrected chi connectivity index (χ2v) is 6.06. The van der Waals surface area contributed by atoms with Crippen LogP contribution in [-0.2, 0) is 16.1 Å². The highest BCUT2D eigenvalue weighted by Crippen LogP contribution is 2.25. The number of nitrogens with zero attached hydrogens (tertiary/aromatic N) is 1. The van der Waals surface area contributed by atoms with Crippen LogP contribution in [0.2, 0.25) is 0 Å². The maximum Gasteiger partial charge on any atom is 0.225 e. The third kappa shape index (κ3) is 2.41. The van der Waals surface area contributed by atoms with Crippen LogP contribution in [0.3, 0.4) is 0 Å². The van der Waals surface area contributed by atoms with Crippen LogP contribution in [0.5, 0.6) is 0 Å². The van der Waals surface area contributed by atoms with Crippen LogP contribution in [-0.4, -0.2) is 30.3 Å². The maximum absolute atomic E-state index is 12.1. The summed E-state index contributed by atoms with van der Waals surface area (Å²) in [5.41, 5.74) is 1.14. The van der Waals surface area contributed by atoms with Gasteiger partial charge < -0.3 is 10.2 Å². The number of rotatable bonds is 3. The number of hydrogen-bond donors (Lipinski definition) is 1. The monoisotopic (exact) mass is 288 g/mol. The Morgan fingerprint density at radius 2 is 2.25 bits per heavy atom. The molecule has 0 saturated carbocycles. The zero-order chi connectivity index (χ0) is 14.1. The molecule has 1 atom stereocenters. The van der Waals surface area contributed by atoms with E-state index in [0.717, 1.165) is 5.56 Å². The van der Waals surface area contributed by atoms with E-state index in [1.54, 1.807) is 23.3 Å². The molecule has 1 fully saturated rings. The number of nitrogens with one attached hydrogen (secondary N) is 1. The van der Waals surface area contributed by atoms with E-state index in [9.17, 15) is 9.59 Å². The molecule has 104 valence electrons. The molecular formula is C15H16N2O2S. The minimum absolute atomic E-state index is 0.0296. The Morgan fingerprint density at radius 3 is 3.00 bits per heavy atom. The van der Waals surface area contributed by atoms with Gasteiger partial charge in [0.05, 0.1) is 5.92 Å². The van der Waals surface area contributed by atoms with Gasteiger partial charge in [-0.1, -0.05) is 18.2 Å². The third-order valence-corrected chi connectivity index (χ3v) is 4.74. The molecule has 1 N–H and O–H groups in total. The number of hydrogen-bond acceptors (Lipinski definition) is 3. The van der Waals surface area contributed by atoms with E-state index < -0.39 is 0 Å². The highest BCUT2D eigenvalue weighted by Gasteiger charge is 2.31. The Hall–Kier alpha value is -1.88. The van der Waals surface area contributed by atoms with Crippen LogP contribution in [0, 0.1) is 5.92 Å². The fourth-order valence-electron chi connectivity index (χ4n) is 2.54. The first-order valence-electron chi connectivity index (χ1n) is 6.62. The molecule has 4 nitrogen and oxygen atoms in total. The van der Waals surface area contributed by atoms with Gasteiger partial charge in [0.1, 0.15) is 0 Å². The topological polar surface area (TPSA) is 49.4 Å². The summed E-state index contributed by atoms with van der Waals surface area (Å²) in [6, 6.07) is 8.17. The summed E-state index contributed by atoms with van der Waals surface area (Å²) in [4.78, 5) is 25.1. The Bertz CT molecular complexity index is 665. The fourth-order valence-corrected chi connectivity index (χ4v) is 3.50. The van der Waals surface area contributed by atoms with Gasteiger partial charge in [-0.3, -0.25) is 9.59 Å². The number of amides is 2. The zero-order valence-corrected chi connectivity index (χ0v) is 12.1. The lowest BCUT2D eigenvalue weighted by Gasteiger charge is -2.10. The molecule has 0 spiro atoms. The molecule has 3 rings (SSSR count). The molecule has 1 saturated heterocycles. The van der Waals surface area contributed by atoms with Crippen LogP contribution in [0.25, 0.3) is 10.1 Å². The van der Waals surface area contributed by atoms with Gasteiger partial charge in [0.2, 0.25) is 11.8 Å². The van der Waals surface area contributed by atoms with E-state index in [-0.39, 0.29) is 17.7 Å². The minimum atomic E-state index is -0.211. The highest BCUT2D eigenvalue weighted by molar-refractivity contribution is 7.17. The van der Waals surface area contributed by atoms with E-state index in [2.05, 4.69) is 22.8 Å². The molecule has 2 amide bonds. The van der Waals surface area contributed by atoms with Gasteiger partial charge in [-0.05, 0) is 22.4 Å². The molecule has 1 aromatic carbocycles. The van der Waals surface area contributed by atoms with Gasteiger partial charge >= 0.3 is 0 Å². The van der Waals surface area contributed by atoms with Crippen LogP contribution in [0.4, 0.5) is 0 Å². The third-order valence-electron chi connectivity index (χ3n) is 3.73. The molecule has 1 aromatic heterocycles. The lowest BCUT2D eigenvalue weighted by Crippen LogP contribution is -2.31. The number of carbonyl (C=O) groups is 2. The first-order chi connectivity index (χ1) is 9.65. The molecule has 2 heterocycles. The number of likely N-dealkylation sites (tertiary alicyclic amines) is 1. The van der Waals surface area contributed by atoms with E-state index in [1.165, 1.54) is 10.1 Å². The molecule has 1 aliphatic rings. The lowest BCUT2D eigenvalue weighted by molar-refractivity contribution is -0.128. The fraction of sp³-hybridized carbons (Fsp3) is 0.333. The molecule has 1 aliphatic heterocycles. The van der Waals surface area contributed by atoms with Crippen LogP contribution in [0.1, 0.15) is 12.0 Å². The van der Waals surface area contributed by atoms with Crippen LogP contribution in [0.15, 0.2) is 29.6 Å². The standard InChI is InChI=1S/C15H16N2O2S/c1-17-8-10(6-14(17)18)15(19)16-7-11-9-20-13-5-3-2-4-12(11)13/h2-5,9-10H,6-8H2,1H3,(H,16,19). The van der Waals surface area contributed by atoms with Crippen molar-refractivity contribution < 1.29 is 9.59 Å². The number of benzene rings is 1. The number of thiophene rings is 1. The second-order valence-electron chi connectivity index (χ2n) is 5.15. The maximum atomic E-state index is 12.1. The normalized spacial score (nSPS) is 18.8. The largest absolute Gasteiger partial charge is 0.352 e. The summed E-state index contributed by atoms with van der Waals surface area (Å²) in [6.07, 6.45) is 0.326. The molecule has 0 aliphatic carbocycles. The second kappa shape index (κ2) is 5.25. The van der Waals surface area contributed by atoms with Crippen molar-refractivity contribution >= 4 is 33.2 Å². The molecule has 1 unspecified atom stereocenters. The van der Waals surface area contributed by atoms with Crippen molar-refractivity contribution in [2.45, 2.75) is 13.0 Å². The minimum Gasteiger partial charge on any atom is -0.352 e. The summed E-state index contributed by atoms with van der Waals surface area (Å²) >= 11 is 1.68. The molecule has 0 bridgehead atoms. The van der Waals surface area contributed by atoms with E-state index in [4.69, 9.17) is 0 Å². The van der Waals surface area contributed by atoms with Crippen molar-refractivity contribution in [2.75, 3.05) is 13.6 Å². The molecule has 5 heteroatoms. The van der Waals surface area contributed by atoms with Crippen molar-refractivity contribution in [3.8, 4) is 0 Å². The Morgan fingerprint density at radius 1 is 1.45 bits per heavy atom. The van der Waals surface area contributed by atoms with Gasteiger partial charge in [0, 0.05) is 31.3 Å². The molecule has 0 radical (unpaired) electrons. The first-order valence-corrected chi connectivity index (χ1v) is 7.50. The van der Waals surface area contributed by atoms with Crippen LogP contribution < -0.4 is 5.32 Å². The number of carbonyl (C=O) groups excluding carboxylic acids is 2. The molecular weight excluding hydrogens is 272 g/mol. The molecule has 20 heavy (non-hydrogen) atoms. The van der Waals surface area contributed by atoms with Crippen molar-refractivity contribution in [2.24, 2.45) is 5.92 Å². The van der Waals surface area contributed by atoms with Gasteiger partial charge in [0.15, 0.2) is 0 Å². The smallest absolute Gasteiger partial charge is 0.225 e. The summed E-state index contributed by atoms with van der Waals surface area (Å²) in [7, 11) is 1.74. The van der Waals surface area contributed by atoms with Gasteiger partial charge in [0.25, 0.3) is 0 Å². The van der Waals surface area contributed by atoms with Crippen molar-refractivity contribution in [1.82, 2.24) is 10.2 Å². The Kier molecular flexibility index (Phi) is 3.44. The van der Waals surface area contributed by atoms with Gasteiger partial charge in [-0.15, -0.1) is 11.3 Å². The number of fused-ring (bicyclic) bond motifs is 1.